The molecule has 0 saturated carbocycles. The first-order valence-electron chi connectivity index (χ1n) is 3.10. The van der Waals surface area contributed by atoms with E-state index in [9.17, 15) is 0 Å². The maximum absolute atomic E-state index is 5.59. The van der Waals surface area contributed by atoms with Gasteiger partial charge < -0.3 is 11.1 Å². The lowest BCUT2D eigenvalue weighted by Crippen LogP contribution is -2.32. The number of allylic oxidation sites excluding steroid dienone is 3. The van der Waals surface area contributed by atoms with Gasteiger partial charge in [0, 0.05) is 11.4 Å². The van der Waals surface area contributed by atoms with E-state index in [0.29, 0.717) is 6.04 Å². The van der Waals surface area contributed by atoms with E-state index in [2.05, 4.69) is 5.32 Å². The van der Waals surface area contributed by atoms with Crippen LogP contribution in [-0.4, -0.2) is 6.04 Å². The minimum Gasteiger partial charge on any atom is -0.400 e. The lowest BCUT2D eigenvalue weighted by Gasteiger charge is -2.19. The van der Waals surface area contributed by atoms with E-state index in [1.54, 1.807) is 0 Å². The number of nitrogens with two attached hydrogens (primary N) is 1. The van der Waals surface area contributed by atoms with Crippen molar-refractivity contribution in [2.24, 2.45) is 5.73 Å². The molecule has 0 aromatic heterocycles. The van der Waals surface area contributed by atoms with E-state index in [1.165, 1.54) is 5.70 Å². The molecule has 1 aliphatic heterocycles. The summed E-state index contributed by atoms with van der Waals surface area (Å²) in [5.74, 6) is 0. The van der Waals surface area contributed by atoms with Gasteiger partial charge in [0.15, 0.2) is 0 Å². The summed E-state index contributed by atoms with van der Waals surface area (Å²) in [6, 6.07) is 0.301. The van der Waals surface area contributed by atoms with Crippen molar-refractivity contribution < 1.29 is 0 Å². The van der Waals surface area contributed by atoms with Gasteiger partial charge in [0.2, 0.25) is 0 Å². The highest BCUT2D eigenvalue weighted by atomic mass is 14.9. The molecule has 0 fully saturated rings. The molecule has 0 bridgehead atoms. The molecule has 0 spiro atoms. The SMILES string of the molecule is CC1=CC=C(N)C(C)N1. The van der Waals surface area contributed by atoms with Crippen molar-refractivity contribution in [3.8, 4) is 0 Å². The maximum Gasteiger partial charge on any atom is 0.0626 e. The Morgan fingerprint density at radius 3 is 2.67 bits per heavy atom. The molecule has 9 heavy (non-hydrogen) atoms. The van der Waals surface area contributed by atoms with E-state index in [-0.39, 0.29) is 0 Å². The van der Waals surface area contributed by atoms with Gasteiger partial charge in [-0.05, 0) is 26.0 Å². The Bertz CT molecular complexity index is 168. The third-order valence-corrected chi connectivity index (χ3v) is 1.47. The summed E-state index contributed by atoms with van der Waals surface area (Å²) in [5.41, 5.74) is 7.68. The van der Waals surface area contributed by atoms with Crippen LogP contribution in [0.1, 0.15) is 13.8 Å². The van der Waals surface area contributed by atoms with Crippen LogP contribution in [0.3, 0.4) is 0 Å². The van der Waals surface area contributed by atoms with Crippen LogP contribution in [0.15, 0.2) is 23.5 Å². The van der Waals surface area contributed by atoms with Crippen molar-refractivity contribution in [3.63, 3.8) is 0 Å². The van der Waals surface area contributed by atoms with Crippen molar-refractivity contribution in [2.45, 2.75) is 19.9 Å². The fourth-order valence-electron chi connectivity index (χ4n) is 0.839. The van der Waals surface area contributed by atoms with Crippen LogP contribution in [0.2, 0.25) is 0 Å². The summed E-state index contributed by atoms with van der Waals surface area (Å²) in [7, 11) is 0. The van der Waals surface area contributed by atoms with Crippen LogP contribution in [0.25, 0.3) is 0 Å². The third-order valence-electron chi connectivity index (χ3n) is 1.47. The van der Waals surface area contributed by atoms with Gasteiger partial charge in [-0.1, -0.05) is 0 Å². The normalized spacial score (nSPS) is 26.2. The van der Waals surface area contributed by atoms with E-state index < -0.39 is 0 Å². The van der Waals surface area contributed by atoms with Gasteiger partial charge in [-0.25, -0.2) is 0 Å². The smallest absolute Gasteiger partial charge is 0.0626 e. The van der Waals surface area contributed by atoms with Crippen molar-refractivity contribution in [1.29, 1.82) is 0 Å². The zero-order chi connectivity index (χ0) is 6.85. The average molecular weight is 124 g/mol. The Morgan fingerprint density at radius 1 is 1.56 bits per heavy atom. The van der Waals surface area contributed by atoms with Crippen LogP contribution in [0.5, 0.6) is 0 Å². The molecular formula is C7H12N2. The highest BCUT2D eigenvalue weighted by Crippen LogP contribution is 2.04. The molecule has 0 amide bonds. The minimum atomic E-state index is 0.301. The number of rotatable bonds is 0. The molecule has 50 valence electrons. The van der Waals surface area contributed by atoms with Crippen molar-refractivity contribution in [1.82, 2.24) is 5.32 Å². The molecule has 0 aromatic carbocycles. The highest BCUT2D eigenvalue weighted by molar-refractivity contribution is 5.23. The van der Waals surface area contributed by atoms with E-state index in [1.807, 2.05) is 26.0 Å². The van der Waals surface area contributed by atoms with Gasteiger partial charge in [-0.15, -0.1) is 0 Å². The van der Waals surface area contributed by atoms with Crippen molar-refractivity contribution in [3.05, 3.63) is 23.5 Å². The molecule has 0 saturated heterocycles. The van der Waals surface area contributed by atoms with Gasteiger partial charge in [-0.2, -0.15) is 0 Å². The summed E-state index contributed by atoms with van der Waals surface area (Å²) in [6.07, 6.45) is 3.92. The minimum absolute atomic E-state index is 0.301. The van der Waals surface area contributed by atoms with Crippen LogP contribution < -0.4 is 11.1 Å². The molecule has 1 atom stereocenters. The fourth-order valence-corrected chi connectivity index (χ4v) is 0.839. The van der Waals surface area contributed by atoms with Gasteiger partial charge in [0.05, 0.1) is 6.04 Å². The molecule has 1 unspecified atom stereocenters. The molecule has 0 aliphatic carbocycles. The molecule has 2 heteroatoms. The second-order valence-corrected chi connectivity index (χ2v) is 2.38. The Labute approximate surface area is 55.4 Å². The van der Waals surface area contributed by atoms with E-state index >= 15 is 0 Å². The maximum atomic E-state index is 5.59. The fraction of sp³-hybridized carbons (Fsp3) is 0.429. The molecule has 3 N–H and O–H groups in total. The summed E-state index contributed by atoms with van der Waals surface area (Å²) < 4.78 is 0. The molecule has 2 nitrogen and oxygen atoms in total. The Hall–Kier alpha value is -0.920. The summed E-state index contributed by atoms with van der Waals surface area (Å²) >= 11 is 0. The van der Waals surface area contributed by atoms with E-state index in [0.717, 1.165) is 5.70 Å². The molecule has 1 heterocycles. The van der Waals surface area contributed by atoms with Gasteiger partial charge in [0.25, 0.3) is 0 Å². The predicted molar refractivity (Wildman–Crippen MR) is 38.6 cm³/mol. The topological polar surface area (TPSA) is 38.0 Å². The number of hydrogen-bond acceptors (Lipinski definition) is 2. The zero-order valence-corrected chi connectivity index (χ0v) is 5.81. The second-order valence-electron chi connectivity index (χ2n) is 2.38. The average Bonchev–Trinajstić information content (AvgIpc) is 1.80. The first kappa shape index (κ1) is 6.20. The third kappa shape index (κ3) is 1.25. The number of hydrogen-bond donors (Lipinski definition) is 2. The van der Waals surface area contributed by atoms with Gasteiger partial charge in [0.1, 0.15) is 0 Å². The number of dihydropyridines is 1. The van der Waals surface area contributed by atoms with Gasteiger partial charge in [-0.3, -0.25) is 0 Å². The quantitative estimate of drug-likeness (QED) is 0.499. The standard InChI is InChI=1S/C7H12N2/c1-5-3-4-7(8)6(2)9-5/h3-4,6,9H,8H2,1-2H3. The first-order chi connectivity index (χ1) is 4.20. The largest absolute Gasteiger partial charge is 0.400 e. The predicted octanol–water partition coefficient (Wildman–Crippen LogP) is 0.725. The molecule has 0 aromatic rings. The lowest BCUT2D eigenvalue weighted by atomic mass is 10.1. The molecule has 1 rings (SSSR count). The second kappa shape index (κ2) is 2.13. The summed E-state index contributed by atoms with van der Waals surface area (Å²) in [5, 5.41) is 3.20. The Balaban J connectivity index is 2.74. The molecule has 1 aliphatic rings. The van der Waals surface area contributed by atoms with Crippen LogP contribution >= 0.6 is 0 Å². The lowest BCUT2D eigenvalue weighted by molar-refractivity contribution is 0.674. The summed E-state index contributed by atoms with van der Waals surface area (Å²) in [4.78, 5) is 0. The molecular weight excluding hydrogens is 112 g/mol. The zero-order valence-electron chi connectivity index (χ0n) is 5.81. The molecule has 0 radical (unpaired) electrons. The highest BCUT2D eigenvalue weighted by Gasteiger charge is 2.06. The monoisotopic (exact) mass is 124 g/mol. The van der Waals surface area contributed by atoms with Crippen LogP contribution in [-0.2, 0) is 0 Å². The van der Waals surface area contributed by atoms with Gasteiger partial charge >= 0.3 is 0 Å². The van der Waals surface area contributed by atoms with Crippen LogP contribution in [0, 0.1) is 0 Å². The van der Waals surface area contributed by atoms with Crippen LogP contribution in [0.4, 0.5) is 0 Å². The van der Waals surface area contributed by atoms with Crippen molar-refractivity contribution >= 4 is 0 Å². The Morgan fingerprint density at radius 2 is 2.22 bits per heavy atom. The first-order valence-corrected chi connectivity index (χ1v) is 3.10. The number of nitrogens with one attached hydrogen (secondary N) is 1. The van der Waals surface area contributed by atoms with E-state index in [4.69, 9.17) is 5.73 Å². The Kier molecular flexibility index (Phi) is 1.47. The summed E-state index contributed by atoms with van der Waals surface area (Å²) in [6.45, 7) is 4.07. The van der Waals surface area contributed by atoms with Crippen molar-refractivity contribution in [2.75, 3.05) is 0 Å².